The Balaban J connectivity index is 1.75. The van der Waals surface area contributed by atoms with Gasteiger partial charge in [0.05, 0.1) is 5.56 Å². The monoisotopic (exact) mass is 398 g/mol. The van der Waals surface area contributed by atoms with Crippen molar-refractivity contribution in [3.05, 3.63) is 70.8 Å². The van der Waals surface area contributed by atoms with Crippen molar-refractivity contribution in [2.75, 3.05) is 0 Å². The highest BCUT2D eigenvalue weighted by Gasteiger charge is 2.21. The van der Waals surface area contributed by atoms with Crippen molar-refractivity contribution in [3.8, 4) is 23.0 Å². The maximum Gasteiger partial charge on any atom is 0.142 e. The number of aryl methyl sites for hydroxylation is 1. The van der Waals surface area contributed by atoms with Crippen LogP contribution in [-0.4, -0.2) is 0 Å². The van der Waals surface area contributed by atoms with Gasteiger partial charge in [-0.05, 0) is 66.8 Å². The topological polar surface area (TPSA) is 0 Å². The zero-order valence-electron chi connectivity index (χ0n) is 16.2. The van der Waals surface area contributed by atoms with Crippen molar-refractivity contribution in [2.24, 2.45) is 11.8 Å². The van der Waals surface area contributed by atoms with Crippen LogP contribution < -0.4 is 0 Å². The smallest absolute Gasteiger partial charge is 0.142 e. The Hall–Kier alpha value is -2.11. The molecule has 0 nitrogen and oxygen atoms in total. The second-order valence-corrected chi connectivity index (χ2v) is 8.01. The molecule has 146 valence electrons. The lowest BCUT2D eigenvalue weighted by Gasteiger charge is -2.24. The number of rotatable bonds is 4. The number of allylic oxidation sites excluding steroid dienone is 1. The Morgan fingerprint density at radius 3 is 2.18 bits per heavy atom. The van der Waals surface area contributed by atoms with Gasteiger partial charge in [-0.15, -0.1) is 0 Å². The van der Waals surface area contributed by atoms with E-state index in [0.717, 1.165) is 44.1 Å². The van der Waals surface area contributed by atoms with Crippen LogP contribution in [0.5, 0.6) is 0 Å². The summed E-state index contributed by atoms with van der Waals surface area (Å²) in [5.41, 5.74) is 2.42. The summed E-state index contributed by atoms with van der Waals surface area (Å²) in [6, 6.07) is 10.6. The lowest BCUT2D eigenvalue weighted by molar-refractivity contribution is 0.361. The second kappa shape index (κ2) is 9.39. The summed E-state index contributed by atoms with van der Waals surface area (Å²) in [4.78, 5) is 0. The molecule has 2 aromatic rings. The van der Waals surface area contributed by atoms with Crippen LogP contribution in [0.3, 0.4) is 0 Å². The molecule has 3 heteroatoms. The molecule has 0 bridgehead atoms. The van der Waals surface area contributed by atoms with Crippen LogP contribution in [0.1, 0.15) is 50.2 Å². The average molecular weight is 399 g/mol. The van der Waals surface area contributed by atoms with E-state index < -0.39 is 11.6 Å². The second-order valence-electron chi connectivity index (χ2n) is 7.53. The molecular weight excluding hydrogens is 374 g/mol. The molecule has 3 rings (SSSR count). The van der Waals surface area contributed by atoms with Crippen molar-refractivity contribution in [2.45, 2.75) is 45.4 Å². The summed E-state index contributed by atoms with van der Waals surface area (Å²) >= 11 is 5.98. The summed E-state index contributed by atoms with van der Waals surface area (Å²) < 4.78 is 29.1. The molecule has 0 aliphatic heterocycles. The van der Waals surface area contributed by atoms with E-state index in [2.05, 4.69) is 25.3 Å². The van der Waals surface area contributed by atoms with Crippen molar-refractivity contribution < 1.29 is 8.78 Å². The van der Waals surface area contributed by atoms with Gasteiger partial charge in [-0.2, -0.15) is 0 Å². The molecule has 0 unspecified atom stereocenters. The Bertz CT molecular complexity index is 871. The Morgan fingerprint density at radius 1 is 1.04 bits per heavy atom. The molecule has 0 atom stereocenters. The zero-order valence-corrected chi connectivity index (χ0v) is 17.0. The van der Waals surface area contributed by atoms with Crippen LogP contribution in [0, 0.1) is 35.3 Å². The molecule has 1 aliphatic rings. The summed E-state index contributed by atoms with van der Waals surface area (Å²) in [6.45, 7) is 5.92. The predicted octanol–water partition coefficient (Wildman–Crippen LogP) is 7.49. The summed E-state index contributed by atoms with van der Waals surface area (Å²) in [5.74, 6) is 5.06. The van der Waals surface area contributed by atoms with Crippen molar-refractivity contribution in [3.63, 3.8) is 0 Å². The summed E-state index contributed by atoms with van der Waals surface area (Å²) in [5, 5.41) is 0.696. The summed E-state index contributed by atoms with van der Waals surface area (Å²) in [6.07, 6.45) is 5.69. The summed E-state index contributed by atoms with van der Waals surface area (Å²) in [7, 11) is 0. The lowest BCUT2D eigenvalue weighted by Crippen LogP contribution is -2.13. The van der Waals surface area contributed by atoms with Crippen molar-refractivity contribution in [1.82, 2.24) is 0 Å². The lowest BCUT2D eigenvalue weighted by atomic mass is 9.82. The third kappa shape index (κ3) is 5.03. The molecule has 1 fully saturated rings. The fourth-order valence-electron chi connectivity index (χ4n) is 3.74. The Morgan fingerprint density at radius 2 is 1.64 bits per heavy atom. The van der Waals surface area contributed by atoms with E-state index in [-0.39, 0.29) is 11.5 Å². The van der Waals surface area contributed by atoms with Crippen LogP contribution in [0.25, 0.3) is 11.1 Å². The van der Waals surface area contributed by atoms with Gasteiger partial charge in [-0.3, -0.25) is 0 Å². The van der Waals surface area contributed by atoms with Gasteiger partial charge in [0, 0.05) is 11.0 Å². The molecule has 0 aromatic heterocycles. The maximum absolute atomic E-state index is 14.5. The van der Waals surface area contributed by atoms with Gasteiger partial charge in [-0.25, -0.2) is 8.78 Å². The first-order valence-electron chi connectivity index (χ1n) is 9.92. The van der Waals surface area contributed by atoms with Gasteiger partial charge in [-0.1, -0.05) is 67.6 Å². The number of halogens is 3. The van der Waals surface area contributed by atoms with Gasteiger partial charge in [0.25, 0.3) is 0 Å². The van der Waals surface area contributed by atoms with E-state index in [9.17, 15) is 8.78 Å². The van der Waals surface area contributed by atoms with Gasteiger partial charge in [0.1, 0.15) is 11.6 Å². The molecule has 0 N–H and O–H groups in total. The van der Waals surface area contributed by atoms with Crippen LogP contribution in [-0.2, 0) is 6.42 Å². The highest BCUT2D eigenvalue weighted by Crippen LogP contribution is 2.34. The zero-order chi connectivity index (χ0) is 20.1. The highest BCUT2D eigenvalue weighted by atomic mass is 35.5. The first-order valence-corrected chi connectivity index (χ1v) is 10.3. The molecular formula is C25H25ClF2. The molecule has 1 saturated carbocycles. The Kier molecular flexibility index (Phi) is 6.92. The maximum atomic E-state index is 14.5. The van der Waals surface area contributed by atoms with E-state index in [1.807, 2.05) is 24.3 Å². The molecule has 0 heterocycles. The average Bonchev–Trinajstić information content (AvgIpc) is 2.68. The minimum atomic E-state index is -0.608. The van der Waals surface area contributed by atoms with Crippen LogP contribution in [0.4, 0.5) is 8.78 Å². The predicted molar refractivity (Wildman–Crippen MR) is 113 cm³/mol. The number of hydrogen-bond acceptors (Lipinski definition) is 0. The third-order valence-corrected chi connectivity index (χ3v) is 5.75. The van der Waals surface area contributed by atoms with Crippen LogP contribution in [0.15, 0.2) is 48.0 Å². The van der Waals surface area contributed by atoms with Crippen LogP contribution in [0.2, 0.25) is 0 Å². The molecule has 2 aromatic carbocycles. The van der Waals surface area contributed by atoms with Crippen molar-refractivity contribution in [1.29, 1.82) is 0 Å². The highest BCUT2D eigenvalue weighted by molar-refractivity contribution is 6.29. The molecule has 28 heavy (non-hydrogen) atoms. The number of hydrogen-bond donors (Lipinski definition) is 0. The number of benzene rings is 2. The SMILES string of the molecule is C=C(Cl)[C@H]1CC[C@H](C#Cc2c(F)cc(-c3ccc(CCC)cc3)cc2F)CC1. The van der Waals surface area contributed by atoms with E-state index >= 15 is 0 Å². The molecule has 0 radical (unpaired) electrons. The largest absolute Gasteiger partial charge is 0.205 e. The van der Waals surface area contributed by atoms with E-state index in [4.69, 9.17) is 11.6 Å². The fourth-order valence-corrected chi connectivity index (χ4v) is 3.96. The molecule has 0 amide bonds. The van der Waals surface area contributed by atoms with E-state index in [1.165, 1.54) is 17.7 Å². The first-order chi connectivity index (χ1) is 13.5. The quantitative estimate of drug-likeness (QED) is 0.468. The van der Waals surface area contributed by atoms with Gasteiger partial charge < -0.3 is 0 Å². The molecule has 1 aliphatic carbocycles. The molecule has 0 spiro atoms. The van der Waals surface area contributed by atoms with E-state index in [0.29, 0.717) is 16.5 Å². The Labute approximate surface area is 171 Å². The van der Waals surface area contributed by atoms with E-state index in [1.54, 1.807) is 0 Å². The van der Waals surface area contributed by atoms with Gasteiger partial charge in [0.2, 0.25) is 0 Å². The van der Waals surface area contributed by atoms with Gasteiger partial charge in [0.15, 0.2) is 0 Å². The van der Waals surface area contributed by atoms with Crippen molar-refractivity contribution >= 4 is 11.6 Å². The van der Waals surface area contributed by atoms with Crippen LogP contribution >= 0.6 is 11.6 Å². The first kappa shape index (κ1) is 20.6. The third-order valence-electron chi connectivity index (χ3n) is 5.44. The standard InChI is InChI=1S/C25H25ClF2/c1-3-4-18-7-12-21(13-8-18)22-15-24(27)23(25(28)16-22)14-9-19-5-10-20(11-6-19)17(2)26/h7-8,12-13,15-16,19-20H,2-6,10-11H2,1H3/t19-,20-. The molecule has 0 saturated heterocycles. The normalized spacial score (nSPS) is 19.0. The minimum absolute atomic E-state index is 0.143. The van der Waals surface area contributed by atoms with Gasteiger partial charge >= 0.3 is 0 Å². The fraction of sp³-hybridized carbons (Fsp3) is 0.360. The minimum Gasteiger partial charge on any atom is -0.205 e.